The van der Waals surface area contributed by atoms with E-state index in [1.807, 2.05) is 30.5 Å². The molecule has 0 spiro atoms. The first-order chi connectivity index (χ1) is 20.6. The molecule has 1 saturated heterocycles. The third-order valence-electron chi connectivity index (χ3n) is 10.8. The highest BCUT2D eigenvalue weighted by Gasteiger charge is 2.58. The van der Waals surface area contributed by atoms with Crippen molar-refractivity contribution in [2.45, 2.75) is 64.5 Å². The zero-order chi connectivity index (χ0) is 29.9. The van der Waals surface area contributed by atoms with E-state index in [1.54, 1.807) is 5.06 Å². The number of amides is 2. The number of pyridine rings is 1. The minimum Gasteiger partial charge on any atom is -0.369 e. The minimum atomic E-state index is -0.428. The zero-order valence-electron chi connectivity index (χ0n) is 25.7. The number of para-hydroxylation sites is 2. The molecule has 5 fully saturated rings. The second-order valence-corrected chi connectivity index (χ2v) is 14.4. The van der Waals surface area contributed by atoms with Crippen LogP contribution in [0.1, 0.15) is 52.9 Å². The van der Waals surface area contributed by atoms with Crippen molar-refractivity contribution in [1.82, 2.24) is 15.2 Å². The lowest BCUT2D eigenvalue weighted by Gasteiger charge is -2.58. The first-order valence-electron chi connectivity index (χ1n) is 16.0. The van der Waals surface area contributed by atoms with Crippen LogP contribution in [0.2, 0.25) is 0 Å². The molecule has 4 bridgehead atoms. The van der Waals surface area contributed by atoms with E-state index in [0.29, 0.717) is 19.0 Å². The number of nitrogens with two attached hydrogens (primary N) is 1. The van der Waals surface area contributed by atoms with Crippen LogP contribution in [0.5, 0.6) is 0 Å². The molecule has 2 amide bonds. The summed E-state index contributed by atoms with van der Waals surface area (Å²) in [6.45, 7) is 12.1. The van der Waals surface area contributed by atoms with Crippen molar-refractivity contribution in [1.29, 1.82) is 0 Å². The molecule has 2 aliphatic heterocycles. The number of anilines is 4. The maximum atomic E-state index is 13.2. The number of nitrogens with one attached hydrogen (secondary N) is 1. The molecule has 5 atom stereocenters. The number of primary amides is 1. The molecule has 1 aromatic heterocycles. The van der Waals surface area contributed by atoms with Crippen molar-refractivity contribution in [2.75, 3.05) is 54.1 Å². The Hall–Kier alpha value is -3.53. The van der Waals surface area contributed by atoms with E-state index in [4.69, 9.17) is 15.6 Å². The highest BCUT2D eigenvalue weighted by atomic mass is 16.7. The quantitative estimate of drug-likeness (QED) is 0.534. The summed E-state index contributed by atoms with van der Waals surface area (Å²) in [6, 6.07) is 12.3. The van der Waals surface area contributed by atoms with Gasteiger partial charge in [-0.15, -0.1) is 0 Å². The first-order valence-corrected chi connectivity index (χ1v) is 16.0. The van der Waals surface area contributed by atoms with Crippen LogP contribution in [0, 0.1) is 23.2 Å². The molecule has 10 nitrogen and oxygen atoms in total. The number of piperazine rings is 1. The van der Waals surface area contributed by atoms with Gasteiger partial charge < -0.3 is 25.7 Å². The number of aromatic nitrogens is 1. The van der Waals surface area contributed by atoms with Gasteiger partial charge in [0.2, 0.25) is 5.91 Å². The molecule has 10 heteroatoms. The zero-order valence-corrected chi connectivity index (χ0v) is 25.7. The number of carbonyl (C=O) groups excluding carboxylic acids is 2. The SMILES string of the molecule is CC(C)(C)N1CCN(c2ccc(N3CCN(OC(=O)NC4[C@@H]5CC6C[C@H]4CC(C(N)=O)(C6)C5)c4ccccc43)nc2)CC1. The molecule has 2 aromatic rings. The van der Waals surface area contributed by atoms with Crippen LogP contribution < -0.4 is 25.9 Å². The smallest absolute Gasteiger partial charge is 0.369 e. The van der Waals surface area contributed by atoms with E-state index in [2.05, 4.69) is 52.9 Å². The Morgan fingerprint density at radius 1 is 0.930 bits per heavy atom. The summed E-state index contributed by atoms with van der Waals surface area (Å²) in [6.07, 6.45) is 6.13. The normalized spacial score (nSPS) is 30.3. The Morgan fingerprint density at radius 3 is 2.26 bits per heavy atom. The maximum Gasteiger partial charge on any atom is 0.431 e. The Kier molecular flexibility index (Phi) is 6.95. The average molecular weight is 588 g/mol. The van der Waals surface area contributed by atoms with Gasteiger partial charge in [-0.2, -0.15) is 0 Å². The summed E-state index contributed by atoms with van der Waals surface area (Å²) in [7, 11) is 0. The van der Waals surface area contributed by atoms with E-state index in [1.165, 1.54) is 0 Å². The van der Waals surface area contributed by atoms with Crippen LogP contribution in [0.15, 0.2) is 42.6 Å². The van der Waals surface area contributed by atoms with E-state index in [0.717, 1.165) is 81.2 Å². The second kappa shape index (κ2) is 10.6. The first kappa shape index (κ1) is 28.3. The predicted octanol–water partition coefficient (Wildman–Crippen LogP) is 4.28. The largest absolute Gasteiger partial charge is 0.431 e. The fourth-order valence-electron chi connectivity index (χ4n) is 8.85. The molecule has 0 radical (unpaired) electrons. The summed E-state index contributed by atoms with van der Waals surface area (Å²) in [5.41, 5.74) is 8.61. The lowest BCUT2D eigenvalue weighted by atomic mass is 9.47. The van der Waals surface area contributed by atoms with Crippen molar-refractivity contribution < 1.29 is 14.4 Å². The van der Waals surface area contributed by atoms with Crippen LogP contribution in [0.3, 0.4) is 0 Å². The maximum absolute atomic E-state index is 13.2. The fraction of sp³-hybridized carbons (Fsp3) is 0.606. The van der Waals surface area contributed by atoms with Gasteiger partial charge in [-0.1, -0.05) is 12.1 Å². The van der Waals surface area contributed by atoms with Crippen LogP contribution in [0.25, 0.3) is 0 Å². The van der Waals surface area contributed by atoms with Crippen LogP contribution >= 0.6 is 0 Å². The fourth-order valence-corrected chi connectivity index (χ4v) is 8.85. The van der Waals surface area contributed by atoms with Crippen LogP contribution in [-0.4, -0.2) is 72.7 Å². The third kappa shape index (κ3) is 5.17. The van der Waals surface area contributed by atoms with E-state index in [-0.39, 0.29) is 34.7 Å². The predicted molar refractivity (Wildman–Crippen MR) is 167 cm³/mol. The molecule has 43 heavy (non-hydrogen) atoms. The Bertz CT molecular complexity index is 1350. The van der Waals surface area contributed by atoms with E-state index in [9.17, 15) is 9.59 Å². The molecule has 4 saturated carbocycles. The summed E-state index contributed by atoms with van der Waals surface area (Å²) < 4.78 is 0. The van der Waals surface area contributed by atoms with Gasteiger partial charge in [0.15, 0.2) is 0 Å². The molecule has 8 rings (SSSR count). The number of hydroxylamine groups is 1. The van der Waals surface area contributed by atoms with Gasteiger partial charge in [0.05, 0.1) is 29.8 Å². The highest BCUT2D eigenvalue weighted by Crippen LogP contribution is 2.60. The van der Waals surface area contributed by atoms with Crippen LogP contribution in [0.4, 0.5) is 27.7 Å². The van der Waals surface area contributed by atoms with E-state index >= 15 is 0 Å². The Labute approximate surface area is 254 Å². The number of hydrogen-bond donors (Lipinski definition) is 2. The van der Waals surface area contributed by atoms with Crippen molar-refractivity contribution in [3.63, 3.8) is 0 Å². The van der Waals surface area contributed by atoms with Gasteiger partial charge in [0.1, 0.15) is 5.82 Å². The lowest BCUT2D eigenvalue weighted by molar-refractivity contribution is -0.145. The Balaban J connectivity index is 1.00. The summed E-state index contributed by atoms with van der Waals surface area (Å²) in [5.74, 6) is 1.83. The summed E-state index contributed by atoms with van der Waals surface area (Å²) >= 11 is 0. The molecule has 4 aliphatic carbocycles. The molecular formula is C33H45N7O3. The molecule has 230 valence electrons. The van der Waals surface area contributed by atoms with Gasteiger partial charge in [-0.05, 0) is 94.9 Å². The van der Waals surface area contributed by atoms with Gasteiger partial charge >= 0.3 is 6.09 Å². The number of nitrogens with zero attached hydrogens (tertiary/aromatic N) is 5. The lowest BCUT2D eigenvalue weighted by Crippen LogP contribution is -2.62. The molecule has 1 aromatic carbocycles. The number of fused-ring (bicyclic) bond motifs is 1. The monoisotopic (exact) mass is 587 g/mol. The third-order valence-corrected chi connectivity index (χ3v) is 10.8. The van der Waals surface area contributed by atoms with Crippen molar-refractivity contribution in [2.24, 2.45) is 28.9 Å². The summed E-state index contributed by atoms with van der Waals surface area (Å²) in [4.78, 5) is 43.5. The van der Waals surface area contributed by atoms with Gasteiger partial charge in [-0.3, -0.25) is 9.69 Å². The molecule has 6 aliphatic rings. The number of rotatable bonds is 5. The Morgan fingerprint density at radius 2 is 1.63 bits per heavy atom. The number of carbonyl (C=O) groups is 2. The van der Waals surface area contributed by atoms with Gasteiger partial charge in [0.25, 0.3) is 0 Å². The molecule has 3 unspecified atom stereocenters. The topological polar surface area (TPSA) is 107 Å². The number of benzene rings is 1. The van der Waals surface area contributed by atoms with Crippen LogP contribution in [-0.2, 0) is 9.63 Å². The van der Waals surface area contributed by atoms with Gasteiger partial charge in [-0.25, -0.2) is 14.8 Å². The number of hydrogen-bond acceptors (Lipinski definition) is 8. The summed E-state index contributed by atoms with van der Waals surface area (Å²) in [5, 5.41) is 4.90. The average Bonchev–Trinajstić information content (AvgIpc) is 2.98. The second-order valence-electron chi connectivity index (χ2n) is 14.4. The highest BCUT2D eigenvalue weighted by molar-refractivity contribution is 5.82. The van der Waals surface area contributed by atoms with Gasteiger partial charge in [0, 0.05) is 49.7 Å². The van der Waals surface area contributed by atoms with Crippen molar-refractivity contribution in [3.05, 3.63) is 42.6 Å². The molecule has 3 heterocycles. The molecule has 3 N–H and O–H groups in total. The van der Waals surface area contributed by atoms with E-state index < -0.39 is 6.09 Å². The van der Waals surface area contributed by atoms with Crippen molar-refractivity contribution in [3.8, 4) is 0 Å². The minimum absolute atomic E-state index is 0.0345. The van der Waals surface area contributed by atoms with Crippen molar-refractivity contribution >= 4 is 34.9 Å². The molecular weight excluding hydrogens is 542 g/mol. The standard InChI is InChI=1S/C33H45N7O3/c1-32(2,3)38-12-10-37(11-13-38)25-8-9-28(35-21-25)39-14-15-40(27-7-5-4-6-26(27)39)43-31(42)36-29-23-16-22-17-24(29)20-33(18-22,19-23)30(34)41/h4-9,21-24,29H,10-20H2,1-3H3,(H2,34,41)(H,36,42)/t22?,23-,24+,29?,33?.